The van der Waals surface area contributed by atoms with Crippen LogP contribution in [0.2, 0.25) is 10.0 Å². The first kappa shape index (κ1) is 22.2. The zero-order chi connectivity index (χ0) is 22.2. The van der Waals surface area contributed by atoms with Crippen LogP contribution in [-0.2, 0) is 11.4 Å². The van der Waals surface area contributed by atoms with Gasteiger partial charge in [0.05, 0.1) is 7.11 Å². The number of amides is 1. The van der Waals surface area contributed by atoms with Crippen molar-refractivity contribution >= 4 is 40.9 Å². The molecule has 0 fully saturated rings. The summed E-state index contributed by atoms with van der Waals surface area (Å²) in [5.74, 6) is 0.662. The van der Waals surface area contributed by atoms with E-state index in [0.29, 0.717) is 32.8 Å². The lowest BCUT2D eigenvalue weighted by molar-refractivity contribution is -0.112. The van der Waals surface area contributed by atoms with E-state index >= 15 is 0 Å². The van der Waals surface area contributed by atoms with E-state index in [0.717, 1.165) is 5.56 Å². The summed E-state index contributed by atoms with van der Waals surface area (Å²) >= 11 is 12.0. The fourth-order valence-electron chi connectivity index (χ4n) is 2.72. The van der Waals surface area contributed by atoms with Crippen molar-refractivity contribution in [2.24, 2.45) is 0 Å². The predicted molar refractivity (Wildman–Crippen MR) is 122 cm³/mol. The minimum atomic E-state index is -0.518. The van der Waals surface area contributed by atoms with Gasteiger partial charge >= 0.3 is 0 Å². The Labute approximate surface area is 190 Å². The van der Waals surface area contributed by atoms with Gasteiger partial charge in [-0.3, -0.25) is 4.79 Å². The lowest BCUT2D eigenvalue weighted by Crippen LogP contribution is -2.13. The molecule has 3 rings (SSSR count). The van der Waals surface area contributed by atoms with Gasteiger partial charge in [0.1, 0.15) is 29.7 Å². The fourth-order valence-corrected chi connectivity index (χ4v) is 3.19. The molecule has 3 aromatic carbocycles. The molecule has 0 atom stereocenters. The van der Waals surface area contributed by atoms with Crippen LogP contribution in [0.15, 0.2) is 72.3 Å². The Morgan fingerprint density at radius 2 is 1.84 bits per heavy atom. The summed E-state index contributed by atoms with van der Waals surface area (Å²) in [5.41, 5.74) is 1.94. The number of para-hydroxylation sites is 1. The Hall–Kier alpha value is -3.46. The van der Waals surface area contributed by atoms with Crippen molar-refractivity contribution < 1.29 is 14.3 Å². The van der Waals surface area contributed by atoms with E-state index < -0.39 is 5.91 Å². The molecule has 0 bridgehead atoms. The Morgan fingerprint density at radius 3 is 2.52 bits per heavy atom. The lowest BCUT2D eigenvalue weighted by Gasteiger charge is -2.10. The molecule has 3 aromatic rings. The third-order valence-corrected chi connectivity index (χ3v) is 4.91. The molecule has 31 heavy (non-hydrogen) atoms. The van der Waals surface area contributed by atoms with Crippen molar-refractivity contribution in [1.82, 2.24) is 0 Å². The minimum Gasteiger partial charge on any atom is -0.496 e. The van der Waals surface area contributed by atoms with Crippen molar-refractivity contribution in [1.29, 1.82) is 5.26 Å². The zero-order valence-corrected chi connectivity index (χ0v) is 18.1. The van der Waals surface area contributed by atoms with Gasteiger partial charge in [0, 0.05) is 26.9 Å². The van der Waals surface area contributed by atoms with E-state index in [4.69, 9.17) is 32.7 Å². The van der Waals surface area contributed by atoms with Crippen LogP contribution in [0.3, 0.4) is 0 Å². The van der Waals surface area contributed by atoms with Crippen LogP contribution in [0.25, 0.3) is 6.08 Å². The standard InChI is InChI=1S/C24H18Cl2N2O3/c1-30-23-5-3-2-4-16(23)12-18(14-27)24(29)28-20-8-10-21(11-9-20)31-15-17-6-7-19(25)13-22(17)26/h2-13H,15H2,1H3,(H,28,29)/b18-12+. The molecule has 1 N–H and O–H groups in total. The summed E-state index contributed by atoms with van der Waals surface area (Å²) in [5, 5.41) is 13.2. The van der Waals surface area contributed by atoms with Gasteiger partial charge in [-0.1, -0.05) is 47.5 Å². The van der Waals surface area contributed by atoms with Crippen molar-refractivity contribution in [3.05, 3.63) is 93.5 Å². The third kappa shape index (κ3) is 6.02. The van der Waals surface area contributed by atoms with Crippen LogP contribution in [0, 0.1) is 11.3 Å². The normalized spacial score (nSPS) is 10.8. The Kier molecular flexibility index (Phi) is 7.55. The van der Waals surface area contributed by atoms with Gasteiger partial charge < -0.3 is 14.8 Å². The summed E-state index contributed by atoms with van der Waals surface area (Å²) in [7, 11) is 1.53. The van der Waals surface area contributed by atoms with Crippen LogP contribution in [0.1, 0.15) is 11.1 Å². The van der Waals surface area contributed by atoms with E-state index in [2.05, 4.69) is 5.32 Å². The first-order valence-corrected chi connectivity index (χ1v) is 9.98. The monoisotopic (exact) mass is 452 g/mol. The third-order valence-electron chi connectivity index (χ3n) is 4.33. The van der Waals surface area contributed by atoms with Crippen LogP contribution in [0.5, 0.6) is 11.5 Å². The van der Waals surface area contributed by atoms with Gasteiger partial charge in [-0.2, -0.15) is 5.26 Å². The first-order chi connectivity index (χ1) is 15.0. The van der Waals surface area contributed by atoms with Crippen molar-refractivity contribution in [2.45, 2.75) is 6.61 Å². The average Bonchev–Trinajstić information content (AvgIpc) is 2.78. The van der Waals surface area contributed by atoms with E-state index in [1.165, 1.54) is 13.2 Å². The van der Waals surface area contributed by atoms with Crippen molar-refractivity contribution in [3.8, 4) is 17.6 Å². The molecule has 0 heterocycles. The second-order valence-corrected chi connectivity index (χ2v) is 7.26. The first-order valence-electron chi connectivity index (χ1n) is 9.23. The maximum Gasteiger partial charge on any atom is 0.266 e. The van der Waals surface area contributed by atoms with Crippen LogP contribution in [-0.4, -0.2) is 13.0 Å². The summed E-state index contributed by atoms with van der Waals surface area (Å²) in [4.78, 5) is 12.5. The predicted octanol–water partition coefficient (Wildman–Crippen LogP) is 6.13. The Morgan fingerprint density at radius 1 is 1.10 bits per heavy atom. The number of carbonyl (C=O) groups is 1. The minimum absolute atomic E-state index is 0.0396. The SMILES string of the molecule is COc1ccccc1/C=C(\C#N)C(=O)Nc1ccc(OCc2ccc(Cl)cc2Cl)cc1. The topological polar surface area (TPSA) is 71.3 Å². The molecule has 7 heteroatoms. The molecule has 5 nitrogen and oxygen atoms in total. The molecule has 0 aliphatic rings. The van der Waals surface area contributed by atoms with Gasteiger partial charge in [-0.15, -0.1) is 0 Å². The number of rotatable bonds is 7. The number of nitrogens with zero attached hydrogens (tertiary/aromatic N) is 1. The molecule has 0 saturated carbocycles. The van der Waals surface area contributed by atoms with Gasteiger partial charge in [0.15, 0.2) is 0 Å². The zero-order valence-electron chi connectivity index (χ0n) is 16.6. The molecule has 0 aliphatic heterocycles. The second-order valence-electron chi connectivity index (χ2n) is 6.41. The Bertz CT molecular complexity index is 1150. The number of halogens is 2. The van der Waals surface area contributed by atoms with Gasteiger partial charge in [0.2, 0.25) is 0 Å². The average molecular weight is 453 g/mol. The number of hydrogen-bond donors (Lipinski definition) is 1. The van der Waals surface area contributed by atoms with E-state index in [-0.39, 0.29) is 12.2 Å². The molecule has 0 aromatic heterocycles. The summed E-state index contributed by atoms with van der Waals surface area (Å²) in [6, 6.07) is 21.1. The van der Waals surface area contributed by atoms with Crippen LogP contribution < -0.4 is 14.8 Å². The molecule has 1 amide bonds. The molecular formula is C24H18Cl2N2O3. The smallest absolute Gasteiger partial charge is 0.266 e. The highest BCUT2D eigenvalue weighted by atomic mass is 35.5. The summed E-state index contributed by atoms with van der Waals surface area (Å²) in [6.45, 7) is 0.280. The largest absolute Gasteiger partial charge is 0.496 e. The van der Waals surface area contributed by atoms with E-state index in [1.807, 2.05) is 12.1 Å². The highest BCUT2D eigenvalue weighted by molar-refractivity contribution is 6.35. The maximum absolute atomic E-state index is 12.5. The quantitative estimate of drug-likeness (QED) is 0.345. The number of nitrogens with one attached hydrogen (secondary N) is 1. The summed E-state index contributed by atoms with van der Waals surface area (Å²) < 4.78 is 11.0. The molecule has 0 aliphatic carbocycles. The lowest BCUT2D eigenvalue weighted by atomic mass is 10.1. The van der Waals surface area contributed by atoms with Crippen LogP contribution in [0.4, 0.5) is 5.69 Å². The number of carbonyl (C=O) groups excluding carboxylic acids is 1. The molecule has 0 unspecified atom stereocenters. The van der Waals surface area contributed by atoms with Crippen molar-refractivity contribution in [2.75, 3.05) is 12.4 Å². The summed E-state index contributed by atoms with van der Waals surface area (Å²) in [6.07, 6.45) is 1.49. The number of methoxy groups -OCH3 is 1. The molecule has 156 valence electrons. The number of hydrogen-bond acceptors (Lipinski definition) is 4. The van der Waals surface area contributed by atoms with Gasteiger partial charge in [-0.25, -0.2) is 0 Å². The van der Waals surface area contributed by atoms with E-state index in [9.17, 15) is 10.1 Å². The van der Waals surface area contributed by atoms with E-state index in [1.54, 1.807) is 60.7 Å². The number of ether oxygens (including phenoxy) is 2. The number of anilines is 1. The fraction of sp³-hybridized carbons (Fsp3) is 0.0833. The Balaban J connectivity index is 1.65. The molecular weight excluding hydrogens is 435 g/mol. The number of benzene rings is 3. The van der Waals surface area contributed by atoms with Gasteiger partial charge in [-0.05, 0) is 48.5 Å². The molecule has 0 spiro atoms. The van der Waals surface area contributed by atoms with Crippen molar-refractivity contribution in [3.63, 3.8) is 0 Å². The van der Waals surface area contributed by atoms with Gasteiger partial charge in [0.25, 0.3) is 5.91 Å². The van der Waals surface area contributed by atoms with Crippen LogP contribution >= 0.6 is 23.2 Å². The molecule has 0 saturated heterocycles. The highest BCUT2D eigenvalue weighted by Gasteiger charge is 2.11. The maximum atomic E-state index is 12.5. The highest BCUT2D eigenvalue weighted by Crippen LogP contribution is 2.24. The number of nitriles is 1. The second kappa shape index (κ2) is 10.5. The molecule has 0 radical (unpaired) electrons.